The van der Waals surface area contributed by atoms with Crippen molar-refractivity contribution in [3.8, 4) is 5.75 Å². The molecule has 1 aliphatic rings. The van der Waals surface area contributed by atoms with E-state index in [1.54, 1.807) is 6.08 Å². The number of thioether (sulfide) groups is 1. The topological polar surface area (TPSA) is 46.6 Å². The molecule has 1 heterocycles. The SMILES string of the molecule is CN1C(=O)S/C(=C\c2ccc(OCc3ccccc3Cl)c(I)c2)C1=O. The minimum atomic E-state index is -0.274. The van der Waals surface area contributed by atoms with Crippen molar-refractivity contribution in [1.82, 2.24) is 4.90 Å². The molecule has 1 fully saturated rings. The molecule has 0 spiro atoms. The zero-order chi connectivity index (χ0) is 18.0. The quantitative estimate of drug-likeness (QED) is 0.442. The molecule has 0 radical (unpaired) electrons. The van der Waals surface area contributed by atoms with Gasteiger partial charge in [0.2, 0.25) is 0 Å². The normalized spacial score (nSPS) is 16.0. The van der Waals surface area contributed by atoms with Gasteiger partial charge in [-0.25, -0.2) is 0 Å². The fourth-order valence-corrected chi connectivity index (χ4v) is 3.90. The summed E-state index contributed by atoms with van der Waals surface area (Å²) in [6, 6.07) is 13.2. The molecule has 1 saturated heterocycles. The van der Waals surface area contributed by atoms with Gasteiger partial charge in [0.25, 0.3) is 11.1 Å². The average Bonchev–Trinajstić information content (AvgIpc) is 2.82. The smallest absolute Gasteiger partial charge is 0.293 e. The number of ether oxygens (including phenoxy) is 1. The molecule has 0 aliphatic carbocycles. The highest BCUT2D eigenvalue weighted by atomic mass is 127. The van der Waals surface area contributed by atoms with E-state index >= 15 is 0 Å². The third kappa shape index (κ3) is 4.19. The minimum Gasteiger partial charge on any atom is -0.488 e. The monoisotopic (exact) mass is 485 g/mol. The molecule has 7 heteroatoms. The van der Waals surface area contributed by atoms with Crippen LogP contribution >= 0.6 is 46.0 Å². The third-order valence-corrected chi connectivity index (χ3v) is 5.75. The van der Waals surface area contributed by atoms with Crippen LogP contribution in [0.15, 0.2) is 47.4 Å². The predicted octanol–water partition coefficient (Wildman–Crippen LogP) is 5.19. The second-order valence-electron chi connectivity index (χ2n) is 5.31. The summed E-state index contributed by atoms with van der Waals surface area (Å²) in [5.41, 5.74) is 1.76. The molecule has 0 bridgehead atoms. The number of nitrogens with zero attached hydrogens (tertiary/aromatic N) is 1. The number of carbonyl (C=O) groups is 2. The fraction of sp³-hybridized carbons (Fsp3) is 0.111. The van der Waals surface area contributed by atoms with Crippen molar-refractivity contribution >= 4 is 63.2 Å². The highest BCUT2D eigenvalue weighted by molar-refractivity contribution is 14.1. The van der Waals surface area contributed by atoms with Crippen molar-refractivity contribution in [3.05, 3.63) is 67.1 Å². The lowest BCUT2D eigenvalue weighted by Crippen LogP contribution is -2.22. The molecule has 0 aromatic heterocycles. The van der Waals surface area contributed by atoms with Crippen molar-refractivity contribution in [2.24, 2.45) is 0 Å². The molecule has 2 amide bonds. The fourth-order valence-electron chi connectivity index (χ4n) is 2.19. The summed E-state index contributed by atoms with van der Waals surface area (Å²) in [4.78, 5) is 25.0. The predicted molar refractivity (Wildman–Crippen MR) is 109 cm³/mol. The Morgan fingerprint density at radius 1 is 1.24 bits per heavy atom. The Labute approximate surface area is 168 Å². The molecule has 2 aromatic carbocycles. The summed E-state index contributed by atoms with van der Waals surface area (Å²) >= 11 is 9.26. The largest absolute Gasteiger partial charge is 0.488 e. The van der Waals surface area contributed by atoms with Gasteiger partial charge in [-0.15, -0.1) is 0 Å². The van der Waals surface area contributed by atoms with E-state index in [0.29, 0.717) is 16.5 Å². The number of benzene rings is 2. The summed E-state index contributed by atoms with van der Waals surface area (Å²) < 4.78 is 6.75. The van der Waals surface area contributed by atoms with Crippen LogP contribution < -0.4 is 4.74 Å². The maximum absolute atomic E-state index is 11.9. The Bertz CT molecular complexity index is 884. The van der Waals surface area contributed by atoms with E-state index in [0.717, 1.165) is 37.1 Å². The Balaban J connectivity index is 1.74. The molecular weight excluding hydrogens is 473 g/mol. The van der Waals surface area contributed by atoms with Gasteiger partial charge < -0.3 is 4.74 Å². The van der Waals surface area contributed by atoms with Gasteiger partial charge in [-0.1, -0.05) is 35.9 Å². The number of likely N-dealkylation sites (N-methyl/N-ethyl adjacent to an activating group) is 1. The molecule has 0 N–H and O–H groups in total. The van der Waals surface area contributed by atoms with Crippen molar-refractivity contribution in [2.45, 2.75) is 6.61 Å². The maximum atomic E-state index is 11.9. The van der Waals surface area contributed by atoms with Crippen LogP contribution in [0.1, 0.15) is 11.1 Å². The minimum absolute atomic E-state index is 0.259. The Morgan fingerprint density at radius 2 is 2.00 bits per heavy atom. The van der Waals surface area contributed by atoms with Crippen molar-refractivity contribution in [2.75, 3.05) is 7.05 Å². The molecule has 128 valence electrons. The number of hydrogen-bond donors (Lipinski definition) is 0. The van der Waals surface area contributed by atoms with Crippen LogP contribution in [0.4, 0.5) is 4.79 Å². The number of hydrogen-bond acceptors (Lipinski definition) is 4. The Hall–Kier alpha value is -1.51. The maximum Gasteiger partial charge on any atom is 0.293 e. The van der Waals surface area contributed by atoms with E-state index in [4.69, 9.17) is 16.3 Å². The van der Waals surface area contributed by atoms with Crippen LogP contribution in [0.5, 0.6) is 5.75 Å². The number of imide groups is 1. The lowest BCUT2D eigenvalue weighted by Gasteiger charge is -2.10. The third-order valence-electron chi connectivity index (χ3n) is 3.58. The highest BCUT2D eigenvalue weighted by Crippen LogP contribution is 2.32. The van der Waals surface area contributed by atoms with E-state index in [-0.39, 0.29) is 11.1 Å². The van der Waals surface area contributed by atoms with Gasteiger partial charge in [0, 0.05) is 17.6 Å². The average molecular weight is 486 g/mol. The van der Waals surface area contributed by atoms with E-state index in [1.807, 2.05) is 42.5 Å². The zero-order valence-corrected chi connectivity index (χ0v) is 16.9. The summed E-state index contributed by atoms with van der Waals surface area (Å²) in [6.07, 6.45) is 1.72. The van der Waals surface area contributed by atoms with Crippen LogP contribution in [-0.2, 0) is 11.4 Å². The summed E-state index contributed by atoms with van der Waals surface area (Å²) in [5, 5.41) is 0.412. The number of carbonyl (C=O) groups excluding carboxylic acids is 2. The van der Waals surface area contributed by atoms with E-state index in [1.165, 1.54) is 7.05 Å². The first-order chi connectivity index (χ1) is 12.0. The first kappa shape index (κ1) is 18.3. The zero-order valence-electron chi connectivity index (χ0n) is 13.2. The van der Waals surface area contributed by atoms with Gasteiger partial charge in [-0.2, -0.15) is 0 Å². The van der Waals surface area contributed by atoms with Crippen molar-refractivity contribution < 1.29 is 14.3 Å². The van der Waals surface area contributed by atoms with Crippen molar-refractivity contribution in [3.63, 3.8) is 0 Å². The molecule has 25 heavy (non-hydrogen) atoms. The summed E-state index contributed by atoms with van der Waals surface area (Å²) in [6.45, 7) is 0.379. The van der Waals surface area contributed by atoms with Gasteiger partial charge in [0.1, 0.15) is 12.4 Å². The van der Waals surface area contributed by atoms with E-state index in [9.17, 15) is 9.59 Å². The number of amides is 2. The van der Waals surface area contributed by atoms with E-state index < -0.39 is 0 Å². The Kier molecular flexibility index (Phi) is 5.71. The molecular formula is C18H13ClINO3S. The van der Waals surface area contributed by atoms with Crippen LogP contribution in [0.2, 0.25) is 5.02 Å². The van der Waals surface area contributed by atoms with Crippen LogP contribution in [-0.4, -0.2) is 23.1 Å². The lowest BCUT2D eigenvalue weighted by molar-refractivity contribution is -0.121. The molecule has 3 rings (SSSR count). The van der Waals surface area contributed by atoms with E-state index in [2.05, 4.69) is 22.6 Å². The summed E-state index contributed by atoms with van der Waals surface area (Å²) in [7, 11) is 1.48. The second-order valence-corrected chi connectivity index (χ2v) is 7.87. The molecule has 4 nitrogen and oxygen atoms in total. The van der Waals surface area contributed by atoms with Gasteiger partial charge in [0.15, 0.2) is 0 Å². The first-order valence-electron chi connectivity index (χ1n) is 7.33. The highest BCUT2D eigenvalue weighted by Gasteiger charge is 2.31. The second kappa shape index (κ2) is 7.80. The van der Waals surface area contributed by atoms with Crippen LogP contribution in [0.3, 0.4) is 0 Å². The van der Waals surface area contributed by atoms with Gasteiger partial charge in [-0.05, 0) is 64.2 Å². The van der Waals surface area contributed by atoms with Crippen LogP contribution in [0.25, 0.3) is 6.08 Å². The standard InChI is InChI=1S/C18H13ClINO3S/c1-21-17(22)16(25-18(21)23)9-11-6-7-15(14(20)8-11)24-10-12-4-2-3-5-13(12)19/h2-9H,10H2,1H3/b16-9-. The lowest BCUT2D eigenvalue weighted by atomic mass is 10.2. The first-order valence-corrected chi connectivity index (χ1v) is 9.60. The molecule has 1 aliphatic heterocycles. The van der Waals surface area contributed by atoms with Crippen molar-refractivity contribution in [1.29, 1.82) is 0 Å². The van der Waals surface area contributed by atoms with Crippen LogP contribution in [0, 0.1) is 3.57 Å². The molecule has 0 atom stereocenters. The molecule has 0 unspecified atom stereocenters. The number of rotatable bonds is 4. The van der Waals surface area contributed by atoms with Gasteiger partial charge in [0.05, 0.1) is 8.48 Å². The van der Waals surface area contributed by atoms with Gasteiger partial charge in [-0.3, -0.25) is 14.5 Å². The molecule has 2 aromatic rings. The summed E-state index contributed by atoms with van der Waals surface area (Å²) in [5.74, 6) is 0.463. The number of halogens is 2. The molecule has 0 saturated carbocycles. The Morgan fingerprint density at radius 3 is 2.64 bits per heavy atom. The van der Waals surface area contributed by atoms with Gasteiger partial charge >= 0.3 is 0 Å².